The minimum atomic E-state index is 0.652. The zero-order chi connectivity index (χ0) is 7.23. The van der Waals surface area contributed by atoms with Crippen LogP contribution in [0, 0.1) is 0 Å². The van der Waals surface area contributed by atoms with Gasteiger partial charge in [0.15, 0.2) is 0 Å². The van der Waals surface area contributed by atoms with Crippen molar-refractivity contribution in [1.29, 1.82) is 0 Å². The Morgan fingerprint density at radius 3 is 3.40 bits per heavy atom. The fraction of sp³-hybridized carbons (Fsp3) is 0.143. The Hall–Kier alpha value is -1.38. The van der Waals surface area contributed by atoms with Crippen LogP contribution in [0.3, 0.4) is 0 Å². The highest BCUT2D eigenvalue weighted by Gasteiger charge is 1.81. The predicted octanol–water partition coefficient (Wildman–Crippen LogP) is 0.716. The van der Waals surface area contributed by atoms with E-state index in [9.17, 15) is 0 Å². The summed E-state index contributed by atoms with van der Waals surface area (Å²) in [5.74, 6) is 0. The maximum absolute atomic E-state index is 3.92. The van der Waals surface area contributed by atoms with Gasteiger partial charge in [-0.3, -0.25) is 4.99 Å². The average Bonchev–Trinajstić information content (AvgIpc) is 2.02. The fourth-order valence-corrected chi connectivity index (χ4v) is 0.525. The van der Waals surface area contributed by atoms with Gasteiger partial charge in [-0.15, -0.1) is 0 Å². The van der Waals surface area contributed by atoms with Crippen LogP contribution < -0.4 is 5.32 Å². The van der Waals surface area contributed by atoms with E-state index in [2.05, 4.69) is 21.9 Å². The highest BCUT2D eigenvalue weighted by Crippen LogP contribution is 1.87. The van der Waals surface area contributed by atoms with Crippen LogP contribution >= 0.6 is 0 Å². The van der Waals surface area contributed by atoms with Crippen molar-refractivity contribution in [1.82, 2.24) is 5.32 Å². The van der Waals surface area contributed by atoms with Crippen molar-refractivity contribution < 1.29 is 0 Å². The van der Waals surface area contributed by atoms with E-state index in [1.165, 1.54) is 0 Å². The van der Waals surface area contributed by atoms with Crippen LogP contribution in [0.25, 0.3) is 0 Å². The molecule has 52 valence electrons. The number of hydrogen-bond donors (Lipinski definition) is 1. The number of allylic oxidation sites excluding steroid dienone is 1. The Kier molecular flexibility index (Phi) is 2.43. The molecule has 0 amide bonds. The van der Waals surface area contributed by atoms with E-state index < -0.39 is 0 Å². The van der Waals surface area contributed by atoms with Crippen molar-refractivity contribution >= 4 is 12.6 Å². The van der Waals surface area contributed by atoms with Gasteiger partial charge in [0.25, 0.3) is 0 Å². The lowest BCUT2D eigenvalue weighted by molar-refractivity contribution is 1.06. The lowest BCUT2D eigenvalue weighted by Crippen LogP contribution is -2.09. The third-order valence-corrected chi connectivity index (χ3v) is 0.972. The number of nitrogens with zero attached hydrogens (tertiary/aromatic N) is 2. The second-order valence-electron chi connectivity index (χ2n) is 1.82. The molecule has 3 heteroatoms. The molecular formula is C7H9N3. The van der Waals surface area contributed by atoms with Crippen LogP contribution in [-0.2, 0) is 0 Å². The standard InChI is InChI=1S/C7H9N3/c1-7-5-8-3-2-4-9-6-10-7/h2-3,5-6H,1,4H2,(H,9,10)/b3-2-,8-5?. The molecule has 0 aromatic rings. The van der Waals surface area contributed by atoms with E-state index in [1.807, 2.05) is 6.08 Å². The second-order valence-corrected chi connectivity index (χ2v) is 1.82. The van der Waals surface area contributed by atoms with E-state index in [0.29, 0.717) is 5.70 Å². The molecule has 0 fully saturated rings. The molecule has 0 spiro atoms. The topological polar surface area (TPSA) is 36.8 Å². The van der Waals surface area contributed by atoms with Gasteiger partial charge in [-0.25, -0.2) is 4.99 Å². The van der Waals surface area contributed by atoms with Gasteiger partial charge in [0.05, 0.1) is 18.3 Å². The molecule has 0 aromatic carbocycles. The highest BCUT2D eigenvalue weighted by molar-refractivity contribution is 5.80. The van der Waals surface area contributed by atoms with Crippen molar-refractivity contribution in [2.75, 3.05) is 6.54 Å². The second kappa shape index (κ2) is 3.61. The van der Waals surface area contributed by atoms with Crippen LogP contribution in [0.5, 0.6) is 0 Å². The van der Waals surface area contributed by atoms with Crippen molar-refractivity contribution in [2.24, 2.45) is 9.98 Å². The minimum Gasteiger partial charge on any atom is -0.373 e. The summed E-state index contributed by atoms with van der Waals surface area (Å²) < 4.78 is 0. The van der Waals surface area contributed by atoms with Gasteiger partial charge in [-0.2, -0.15) is 0 Å². The summed E-state index contributed by atoms with van der Waals surface area (Å²) in [5, 5.41) is 2.94. The Morgan fingerprint density at radius 2 is 2.50 bits per heavy atom. The molecule has 0 saturated carbocycles. The molecular weight excluding hydrogens is 126 g/mol. The first-order chi connectivity index (χ1) is 4.89. The zero-order valence-corrected chi connectivity index (χ0v) is 5.62. The number of aliphatic imine (C=N–C) groups is 2. The van der Waals surface area contributed by atoms with E-state index in [0.717, 1.165) is 6.54 Å². The fourth-order valence-electron chi connectivity index (χ4n) is 0.525. The van der Waals surface area contributed by atoms with Gasteiger partial charge in [0, 0.05) is 12.7 Å². The molecule has 0 aromatic heterocycles. The summed E-state index contributed by atoms with van der Waals surface area (Å²) in [7, 11) is 0. The largest absolute Gasteiger partial charge is 0.373 e. The first-order valence-electron chi connectivity index (χ1n) is 3.02. The first kappa shape index (κ1) is 6.74. The molecule has 0 radical (unpaired) electrons. The molecule has 10 heavy (non-hydrogen) atoms. The van der Waals surface area contributed by atoms with Gasteiger partial charge < -0.3 is 5.32 Å². The van der Waals surface area contributed by atoms with Crippen LogP contribution in [0.4, 0.5) is 0 Å². The van der Waals surface area contributed by atoms with Gasteiger partial charge >= 0.3 is 0 Å². The molecule has 0 saturated heterocycles. The van der Waals surface area contributed by atoms with Crippen LogP contribution in [0.15, 0.2) is 34.5 Å². The SMILES string of the molecule is C=C1C=N/C=C\CNC=N1. The third kappa shape index (κ3) is 2.26. The van der Waals surface area contributed by atoms with Crippen LogP contribution in [0.2, 0.25) is 0 Å². The first-order valence-corrected chi connectivity index (χ1v) is 3.02. The molecule has 1 N–H and O–H groups in total. The highest BCUT2D eigenvalue weighted by atomic mass is 14.9. The van der Waals surface area contributed by atoms with E-state index >= 15 is 0 Å². The maximum Gasteiger partial charge on any atom is 0.0889 e. The average molecular weight is 135 g/mol. The third-order valence-electron chi connectivity index (χ3n) is 0.972. The normalized spacial score (nSPS) is 20.6. The molecule has 0 atom stereocenters. The van der Waals surface area contributed by atoms with Gasteiger partial charge in [-0.1, -0.05) is 6.58 Å². The lowest BCUT2D eigenvalue weighted by atomic mass is 10.5. The Morgan fingerprint density at radius 1 is 1.60 bits per heavy atom. The van der Waals surface area contributed by atoms with Crippen molar-refractivity contribution in [3.63, 3.8) is 0 Å². The van der Waals surface area contributed by atoms with E-state index in [-0.39, 0.29) is 0 Å². The van der Waals surface area contributed by atoms with Crippen molar-refractivity contribution in [2.45, 2.75) is 0 Å². The summed E-state index contributed by atoms with van der Waals surface area (Å²) in [6.07, 6.45) is 6.85. The molecule has 1 rings (SSSR count). The summed E-state index contributed by atoms with van der Waals surface area (Å²) in [6.45, 7) is 4.39. The summed E-state index contributed by atoms with van der Waals surface area (Å²) in [5.41, 5.74) is 0.652. The van der Waals surface area contributed by atoms with Crippen LogP contribution in [0.1, 0.15) is 0 Å². The zero-order valence-electron chi connectivity index (χ0n) is 5.62. The molecule has 3 nitrogen and oxygen atoms in total. The Labute approximate surface area is 59.9 Å². The molecule has 1 heterocycles. The smallest absolute Gasteiger partial charge is 0.0889 e. The van der Waals surface area contributed by atoms with Gasteiger partial charge in [0.1, 0.15) is 0 Å². The molecule has 1 aliphatic heterocycles. The Bertz CT molecular complexity index is 201. The number of rotatable bonds is 0. The molecule has 0 bridgehead atoms. The quantitative estimate of drug-likeness (QED) is 0.522. The van der Waals surface area contributed by atoms with Gasteiger partial charge in [0.2, 0.25) is 0 Å². The lowest BCUT2D eigenvalue weighted by Gasteiger charge is -1.89. The molecule has 1 aliphatic rings. The van der Waals surface area contributed by atoms with Gasteiger partial charge in [-0.05, 0) is 6.08 Å². The Balaban J connectivity index is 2.64. The number of hydrogen-bond acceptors (Lipinski definition) is 3. The monoisotopic (exact) mass is 135 g/mol. The predicted molar refractivity (Wildman–Crippen MR) is 43.3 cm³/mol. The molecule has 0 unspecified atom stereocenters. The minimum absolute atomic E-state index is 0.652. The summed E-state index contributed by atoms with van der Waals surface area (Å²) >= 11 is 0. The van der Waals surface area contributed by atoms with E-state index in [4.69, 9.17) is 0 Å². The summed E-state index contributed by atoms with van der Waals surface area (Å²) in [6, 6.07) is 0. The maximum atomic E-state index is 3.92. The van der Waals surface area contributed by atoms with Crippen molar-refractivity contribution in [3.8, 4) is 0 Å². The van der Waals surface area contributed by atoms with E-state index in [1.54, 1.807) is 18.8 Å². The molecule has 0 aliphatic carbocycles. The van der Waals surface area contributed by atoms with Crippen molar-refractivity contribution in [3.05, 3.63) is 24.6 Å². The summed E-state index contributed by atoms with van der Waals surface area (Å²) in [4.78, 5) is 7.84. The van der Waals surface area contributed by atoms with Crippen LogP contribution in [-0.4, -0.2) is 19.1 Å². The number of nitrogens with one attached hydrogen (secondary N) is 1.